The molecule has 3 aliphatic heterocycles. The van der Waals surface area contributed by atoms with Crippen LogP contribution < -0.4 is 21.4 Å². The lowest BCUT2D eigenvalue weighted by atomic mass is 10.0. The van der Waals surface area contributed by atoms with E-state index in [-0.39, 0.29) is 11.7 Å². The van der Waals surface area contributed by atoms with Gasteiger partial charge in [0.25, 0.3) is 5.91 Å². The van der Waals surface area contributed by atoms with Gasteiger partial charge in [-0.1, -0.05) is 17.7 Å². The molecular weight excluding hydrogens is 566 g/mol. The van der Waals surface area contributed by atoms with Gasteiger partial charge in [-0.05, 0) is 70.0 Å². The summed E-state index contributed by atoms with van der Waals surface area (Å²) in [6.45, 7) is 10.00. The number of aryl methyl sites for hydroxylation is 1. The number of anilines is 3. The normalized spacial score (nSPS) is 19.4. The SMILES string of the molecule is Cc1ccc2c(c1)c(=N)n(C1CCOCC1)c1nc(Nc3ccc(N4CCC(N5CCN(C)CC5)CC4)cc3)c(C(N)=O)nc21. The molecule has 0 atom stereocenters. The lowest BCUT2D eigenvalue weighted by Crippen LogP contribution is -2.52. The molecule has 5 heterocycles. The molecule has 2 aromatic heterocycles. The number of likely N-dealkylation sites (N-methyl/N-ethyl adjacent to an activating group) is 1. The number of piperidine rings is 1. The van der Waals surface area contributed by atoms with Crippen molar-refractivity contribution in [2.75, 3.05) is 69.7 Å². The van der Waals surface area contributed by atoms with E-state index in [1.54, 1.807) is 0 Å². The van der Waals surface area contributed by atoms with E-state index in [4.69, 9.17) is 20.4 Å². The quantitative estimate of drug-likeness (QED) is 0.282. The zero-order chi connectivity index (χ0) is 31.1. The number of aromatic nitrogens is 3. The van der Waals surface area contributed by atoms with Crippen LogP contribution in [0.1, 0.15) is 47.8 Å². The average Bonchev–Trinajstić information content (AvgIpc) is 3.06. The second kappa shape index (κ2) is 12.4. The third kappa shape index (κ3) is 5.87. The predicted octanol–water partition coefficient (Wildman–Crippen LogP) is 3.78. The van der Waals surface area contributed by atoms with E-state index in [9.17, 15) is 10.2 Å². The maximum Gasteiger partial charge on any atom is 0.271 e. The zero-order valence-electron chi connectivity index (χ0n) is 26.3. The number of benzene rings is 2. The van der Waals surface area contributed by atoms with Gasteiger partial charge in [-0.15, -0.1) is 0 Å². The highest BCUT2D eigenvalue weighted by Gasteiger charge is 2.27. The van der Waals surface area contributed by atoms with Crippen LogP contribution in [0, 0.1) is 12.3 Å². The monoisotopic (exact) mass is 609 g/mol. The summed E-state index contributed by atoms with van der Waals surface area (Å²) in [4.78, 5) is 30.1. The van der Waals surface area contributed by atoms with Crippen LogP contribution >= 0.6 is 0 Å². The molecule has 7 rings (SSSR count). The summed E-state index contributed by atoms with van der Waals surface area (Å²) in [5.74, 6) is -0.359. The Kier molecular flexibility index (Phi) is 8.15. The van der Waals surface area contributed by atoms with Gasteiger partial charge in [-0.25, -0.2) is 9.97 Å². The van der Waals surface area contributed by atoms with Gasteiger partial charge in [0.1, 0.15) is 11.0 Å². The van der Waals surface area contributed by atoms with Crippen molar-refractivity contribution in [2.45, 2.75) is 44.7 Å². The molecule has 236 valence electrons. The Morgan fingerprint density at radius 1 is 0.911 bits per heavy atom. The van der Waals surface area contributed by atoms with Crippen LogP contribution in [0.4, 0.5) is 17.2 Å². The number of nitrogens with two attached hydrogens (primary N) is 1. The van der Waals surface area contributed by atoms with E-state index < -0.39 is 5.91 Å². The van der Waals surface area contributed by atoms with Crippen molar-refractivity contribution < 1.29 is 9.53 Å². The minimum Gasteiger partial charge on any atom is -0.381 e. The number of pyridine rings is 1. The van der Waals surface area contributed by atoms with Gasteiger partial charge in [0.2, 0.25) is 0 Å². The van der Waals surface area contributed by atoms with E-state index in [0.29, 0.717) is 41.7 Å². The third-order valence-corrected chi connectivity index (χ3v) is 9.84. The number of hydrogen-bond acceptors (Lipinski definition) is 9. The van der Waals surface area contributed by atoms with Crippen LogP contribution in [0.5, 0.6) is 0 Å². The minimum atomic E-state index is -0.653. The fourth-order valence-electron chi connectivity index (χ4n) is 7.20. The number of carbonyl (C=O) groups is 1. The number of amides is 1. The summed E-state index contributed by atoms with van der Waals surface area (Å²) in [6.07, 6.45) is 3.91. The molecule has 0 bridgehead atoms. The van der Waals surface area contributed by atoms with Gasteiger partial charge in [0.15, 0.2) is 17.2 Å². The molecule has 3 aliphatic rings. The number of fused-ring (bicyclic) bond motifs is 3. The summed E-state index contributed by atoms with van der Waals surface area (Å²) >= 11 is 0. The second-order valence-electron chi connectivity index (χ2n) is 12.8. The van der Waals surface area contributed by atoms with Gasteiger partial charge < -0.3 is 30.2 Å². The third-order valence-electron chi connectivity index (χ3n) is 9.84. The molecule has 11 heteroatoms. The minimum absolute atomic E-state index is 0.0416. The number of nitrogens with one attached hydrogen (secondary N) is 2. The molecule has 4 aromatic rings. The molecule has 3 saturated heterocycles. The summed E-state index contributed by atoms with van der Waals surface area (Å²) in [6, 6.07) is 14.9. The highest BCUT2D eigenvalue weighted by Crippen LogP contribution is 2.31. The fraction of sp³-hybridized carbons (Fsp3) is 0.471. The largest absolute Gasteiger partial charge is 0.381 e. The molecule has 0 unspecified atom stereocenters. The molecule has 0 radical (unpaired) electrons. The van der Waals surface area contributed by atoms with Crippen LogP contribution in [0.25, 0.3) is 21.9 Å². The number of primary amides is 1. The van der Waals surface area contributed by atoms with Crippen molar-refractivity contribution in [3.63, 3.8) is 0 Å². The van der Waals surface area contributed by atoms with Crippen LogP contribution in [-0.2, 0) is 4.74 Å². The standard InChI is InChI=1S/C34H43N9O2/c1-22-3-8-27-28(21-22)31(35)43(26-11-19-45-20-12-26)34-29(27)38-30(32(36)44)33(39-34)37-23-4-6-24(7-5-23)41-13-9-25(10-14-41)42-17-15-40(2)16-18-42/h3-8,21,25-26,35H,9-20H2,1-2H3,(H2,36,44)(H,37,39). The summed E-state index contributed by atoms with van der Waals surface area (Å²) < 4.78 is 7.60. The first-order chi connectivity index (χ1) is 21.9. The molecule has 2 aromatic carbocycles. The van der Waals surface area contributed by atoms with Gasteiger partial charge in [-0.2, -0.15) is 0 Å². The summed E-state index contributed by atoms with van der Waals surface area (Å²) in [7, 11) is 2.21. The summed E-state index contributed by atoms with van der Waals surface area (Å²) in [5.41, 5.74) is 10.5. The van der Waals surface area contributed by atoms with Crippen molar-refractivity contribution in [3.8, 4) is 0 Å². The number of rotatable bonds is 6. The van der Waals surface area contributed by atoms with Crippen molar-refractivity contribution in [1.29, 1.82) is 5.41 Å². The molecule has 0 spiro atoms. The average molecular weight is 610 g/mol. The van der Waals surface area contributed by atoms with Crippen molar-refractivity contribution in [2.24, 2.45) is 5.73 Å². The van der Waals surface area contributed by atoms with Gasteiger partial charge >= 0.3 is 0 Å². The molecule has 0 aliphatic carbocycles. The molecule has 4 N–H and O–H groups in total. The Morgan fingerprint density at radius 2 is 1.62 bits per heavy atom. The number of nitrogens with zero attached hydrogens (tertiary/aromatic N) is 6. The smallest absolute Gasteiger partial charge is 0.271 e. The van der Waals surface area contributed by atoms with Gasteiger partial charge in [0.05, 0.1) is 0 Å². The Bertz CT molecular complexity index is 1770. The van der Waals surface area contributed by atoms with E-state index in [1.165, 1.54) is 31.6 Å². The van der Waals surface area contributed by atoms with Crippen LogP contribution in [0.15, 0.2) is 42.5 Å². The van der Waals surface area contributed by atoms with Crippen LogP contribution in [0.3, 0.4) is 0 Å². The maximum atomic E-state index is 12.7. The molecule has 45 heavy (non-hydrogen) atoms. The Hall–Kier alpha value is -4.06. The van der Waals surface area contributed by atoms with Crippen LogP contribution in [-0.4, -0.2) is 95.8 Å². The Labute approximate surface area is 263 Å². The molecule has 3 fully saturated rings. The number of hydrogen-bond donors (Lipinski definition) is 3. The van der Waals surface area contributed by atoms with Crippen LogP contribution in [0.2, 0.25) is 0 Å². The summed E-state index contributed by atoms with van der Waals surface area (Å²) in [5, 5.41) is 14.1. The molecule has 1 amide bonds. The number of ether oxygens (including phenoxy) is 1. The second-order valence-corrected chi connectivity index (χ2v) is 12.8. The van der Waals surface area contributed by atoms with Gasteiger partial charge in [0, 0.05) is 86.7 Å². The number of piperazine rings is 1. The first-order valence-corrected chi connectivity index (χ1v) is 16.2. The maximum absolute atomic E-state index is 12.7. The van der Waals surface area contributed by atoms with Gasteiger partial charge in [-0.3, -0.25) is 15.1 Å². The molecule has 11 nitrogen and oxygen atoms in total. The Morgan fingerprint density at radius 3 is 2.31 bits per heavy atom. The topological polar surface area (TPSA) is 129 Å². The van der Waals surface area contributed by atoms with E-state index >= 15 is 0 Å². The first kappa shape index (κ1) is 29.6. The lowest BCUT2D eigenvalue weighted by molar-refractivity contribution is 0.0695. The molecule has 0 saturated carbocycles. The molecular formula is C34H43N9O2. The van der Waals surface area contributed by atoms with E-state index in [2.05, 4.69) is 39.2 Å². The van der Waals surface area contributed by atoms with Crippen molar-refractivity contribution in [3.05, 3.63) is 59.2 Å². The zero-order valence-corrected chi connectivity index (χ0v) is 26.3. The van der Waals surface area contributed by atoms with E-state index in [0.717, 1.165) is 61.0 Å². The highest BCUT2D eigenvalue weighted by atomic mass is 16.5. The lowest BCUT2D eigenvalue weighted by Gasteiger charge is -2.42. The fourth-order valence-corrected chi connectivity index (χ4v) is 7.20. The van der Waals surface area contributed by atoms with Crippen molar-refractivity contribution >= 4 is 45.0 Å². The highest BCUT2D eigenvalue weighted by molar-refractivity contribution is 6.05. The van der Waals surface area contributed by atoms with E-state index in [1.807, 2.05) is 41.8 Å². The van der Waals surface area contributed by atoms with Crippen molar-refractivity contribution in [1.82, 2.24) is 24.3 Å². The first-order valence-electron chi connectivity index (χ1n) is 16.2. The predicted molar refractivity (Wildman–Crippen MR) is 177 cm³/mol. The Balaban J connectivity index is 1.18. The number of carbonyl (C=O) groups excluding carboxylic acids is 1.